The van der Waals surface area contributed by atoms with Crippen molar-refractivity contribution in [1.29, 1.82) is 0 Å². The lowest BCUT2D eigenvalue weighted by Crippen LogP contribution is -2.52. The number of hydrogen-bond donors (Lipinski definition) is 16. The largest absolute Gasteiger partial charge is 0.726 e. The molecular weight excluding hydrogens is 760 g/mol. The van der Waals surface area contributed by atoms with Gasteiger partial charge in [0.25, 0.3) is 0 Å². The fourth-order valence-corrected chi connectivity index (χ4v) is 6.87. The molecule has 0 aromatic heterocycles. The Morgan fingerprint density at radius 3 is 1.06 bits per heavy atom. The Kier molecular flexibility index (Phi) is 19.9. The molecule has 24 nitrogen and oxygen atoms in total. The summed E-state index contributed by atoms with van der Waals surface area (Å²) in [6, 6.07) is 0. The monoisotopic (exact) mass is 808 g/mol. The molecule has 308 valence electrons. The van der Waals surface area contributed by atoms with Crippen molar-refractivity contribution in [3.63, 3.8) is 0 Å². The average molecular weight is 809 g/mol. The van der Waals surface area contributed by atoms with Gasteiger partial charge in [0.05, 0.1) is 26.4 Å². The summed E-state index contributed by atoms with van der Waals surface area (Å²) in [5, 5.41) is 153. The molecule has 2 saturated carbocycles. The predicted octanol–water partition coefficient (Wildman–Crippen LogP) is -10.1. The van der Waals surface area contributed by atoms with E-state index in [2.05, 4.69) is 8.37 Å². The van der Waals surface area contributed by atoms with E-state index in [0.29, 0.717) is 0 Å². The van der Waals surface area contributed by atoms with Crippen LogP contribution in [-0.4, -0.2) is 220 Å². The molecule has 2 aliphatic carbocycles. The van der Waals surface area contributed by atoms with Crippen molar-refractivity contribution >= 4 is 20.8 Å². The zero-order valence-electron chi connectivity index (χ0n) is 27.1. The number of rotatable bonds is 20. The van der Waals surface area contributed by atoms with Gasteiger partial charge in [0.2, 0.25) is 20.8 Å². The molecule has 0 heterocycles. The Labute approximate surface area is 297 Å². The Balaban J connectivity index is 0.000000520. The van der Waals surface area contributed by atoms with E-state index in [1.54, 1.807) is 0 Å². The van der Waals surface area contributed by atoms with Crippen molar-refractivity contribution in [3.05, 3.63) is 11.8 Å². The maximum absolute atomic E-state index is 10.9. The second-order valence-electron chi connectivity index (χ2n) is 12.4. The minimum atomic E-state index is -5.44. The van der Waals surface area contributed by atoms with E-state index >= 15 is 0 Å². The Bertz CT molecular complexity index is 1150. The fourth-order valence-electron chi connectivity index (χ4n) is 5.84. The first-order valence-electron chi connectivity index (χ1n) is 15.4. The zero-order chi connectivity index (χ0) is 40.5. The van der Waals surface area contributed by atoms with Crippen LogP contribution in [0.15, 0.2) is 0 Å². The van der Waals surface area contributed by atoms with Gasteiger partial charge < -0.3 is 90.8 Å². The van der Waals surface area contributed by atoms with E-state index in [4.69, 9.17) is 10.2 Å². The summed E-state index contributed by atoms with van der Waals surface area (Å²) < 4.78 is 73.3. The Hall–Kier alpha value is -1.16. The van der Waals surface area contributed by atoms with Gasteiger partial charge in [-0.25, -0.2) is 16.8 Å². The molecular formula is C26H48O24S2. The standard InChI is InChI=1S/2C13H24O12S/c2*14-3-6-5(1-7(16)10(6)19)2-8(17)13(25-26(22,23)24)12(21)11(20)9(18)4-15/h2*6-21H,1-4H2/t6-,7+,8+,9+,10+,11-,12+,13+;6-,7+,8+,9-,10+,11-,12+,13+/m00/s1. The van der Waals surface area contributed by atoms with E-state index in [0.717, 1.165) is 0 Å². The third-order valence-electron chi connectivity index (χ3n) is 8.69. The SMILES string of the molecule is O=S(=O)([O-])O[C@@H]([C@H](O)[C@@H](O)[C@@H](O)CO)[C@H](O)C[C+]1C[C@@H](O)[C@H](O)[C@H]1CO.O=S(=O)([O-])O[C@@H]([C@H](O)[C@@H](O)[C@H](O)CO)[C@H](O)C[C+]1C[C@@H](O)[C@H](O)[C@H]1CO. The highest BCUT2D eigenvalue weighted by molar-refractivity contribution is 7.81. The molecule has 2 aliphatic rings. The normalized spacial score (nSPS) is 30.0. The van der Waals surface area contributed by atoms with Gasteiger partial charge in [0.1, 0.15) is 123 Å². The van der Waals surface area contributed by atoms with Crippen molar-refractivity contribution in [2.24, 2.45) is 11.8 Å². The molecule has 0 saturated heterocycles. The highest BCUT2D eigenvalue weighted by Crippen LogP contribution is 2.39. The summed E-state index contributed by atoms with van der Waals surface area (Å²) in [7, 11) is -10.9. The van der Waals surface area contributed by atoms with Crippen LogP contribution in [0.5, 0.6) is 0 Å². The molecule has 0 amide bonds. The maximum atomic E-state index is 10.9. The molecule has 0 radical (unpaired) electrons. The van der Waals surface area contributed by atoms with Crippen molar-refractivity contribution in [2.45, 2.75) is 111 Å². The first-order valence-corrected chi connectivity index (χ1v) is 18.1. The molecule has 0 bridgehead atoms. The van der Waals surface area contributed by atoms with Gasteiger partial charge in [-0.15, -0.1) is 0 Å². The molecule has 52 heavy (non-hydrogen) atoms. The minimum absolute atomic E-state index is 0.141. The van der Waals surface area contributed by atoms with E-state index in [9.17, 15) is 97.4 Å². The summed E-state index contributed by atoms with van der Waals surface area (Å²) >= 11 is 0. The van der Waals surface area contributed by atoms with Crippen LogP contribution in [0.3, 0.4) is 0 Å². The third-order valence-corrected chi connectivity index (χ3v) is 9.61. The van der Waals surface area contributed by atoms with Crippen LogP contribution >= 0.6 is 0 Å². The molecule has 2 rings (SSSR count). The summed E-state index contributed by atoms with van der Waals surface area (Å²) in [5.74, 6) is -1.42. The number of aliphatic hydroxyl groups is 16. The van der Waals surface area contributed by atoms with E-state index in [-0.39, 0.29) is 24.7 Å². The van der Waals surface area contributed by atoms with Crippen LogP contribution in [0.4, 0.5) is 0 Å². The molecule has 2 fully saturated rings. The highest BCUT2D eigenvalue weighted by Gasteiger charge is 2.54. The van der Waals surface area contributed by atoms with Crippen LogP contribution in [0.1, 0.15) is 25.7 Å². The molecule has 0 unspecified atom stereocenters. The van der Waals surface area contributed by atoms with E-state index < -0.39 is 157 Å². The van der Waals surface area contributed by atoms with Crippen molar-refractivity contribution in [1.82, 2.24) is 0 Å². The minimum Gasteiger partial charge on any atom is -0.726 e. The quantitative estimate of drug-likeness (QED) is 0.0308. The van der Waals surface area contributed by atoms with Gasteiger partial charge in [0, 0.05) is 0 Å². The van der Waals surface area contributed by atoms with Crippen molar-refractivity contribution < 1.29 is 116 Å². The van der Waals surface area contributed by atoms with Crippen LogP contribution < -0.4 is 0 Å². The Morgan fingerprint density at radius 1 is 0.538 bits per heavy atom. The van der Waals surface area contributed by atoms with Gasteiger partial charge in [0.15, 0.2) is 11.8 Å². The van der Waals surface area contributed by atoms with Crippen LogP contribution in [0.25, 0.3) is 0 Å². The van der Waals surface area contributed by atoms with Crippen LogP contribution in [0.2, 0.25) is 0 Å². The average Bonchev–Trinajstić information content (AvgIpc) is 3.49. The molecule has 0 aliphatic heterocycles. The maximum Gasteiger partial charge on any atom is 0.218 e. The summed E-state index contributed by atoms with van der Waals surface area (Å²) in [6.07, 6.45) is -27.3. The van der Waals surface area contributed by atoms with Crippen molar-refractivity contribution in [3.8, 4) is 0 Å². The summed E-state index contributed by atoms with van der Waals surface area (Å²) in [4.78, 5) is 0. The smallest absolute Gasteiger partial charge is 0.218 e. The second-order valence-corrected chi connectivity index (χ2v) is 14.4. The van der Waals surface area contributed by atoms with Gasteiger partial charge in [-0.3, -0.25) is 8.37 Å². The van der Waals surface area contributed by atoms with Gasteiger partial charge >= 0.3 is 0 Å². The van der Waals surface area contributed by atoms with E-state index in [1.807, 2.05) is 0 Å². The molecule has 16 atom stereocenters. The summed E-state index contributed by atoms with van der Waals surface area (Å²) in [5.41, 5.74) is 0. The first-order chi connectivity index (χ1) is 23.8. The molecule has 26 heteroatoms. The topological polar surface area (TPSA) is 457 Å². The number of hydrogen-bond acceptors (Lipinski definition) is 24. The van der Waals surface area contributed by atoms with Crippen LogP contribution in [-0.2, 0) is 29.2 Å². The van der Waals surface area contributed by atoms with Gasteiger partial charge in [-0.1, -0.05) is 0 Å². The van der Waals surface area contributed by atoms with Crippen LogP contribution in [0, 0.1) is 23.7 Å². The zero-order valence-corrected chi connectivity index (χ0v) is 28.8. The lowest BCUT2D eigenvalue weighted by molar-refractivity contribution is -0.133. The first kappa shape index (κ1) is 48.9. The molecule has 0 aromatic rings. The predicted molar refractivity (Wildman–Crippen MR) is 161 cm³/mol. The molecule has 0 aromatic carbocycles. The second kappa shape index (κ2) is 21.2. The third kappa shape index (κ3) is 14.2. The molecule has 0 spiro atoms. The van der Waals surface area contributed by atoms with Gasteiger partial charge in [-0.05, 0) is 0 Å². The fraction of sp³-hybridized carbons (Fsp3) is 0.923. The lowest BCUT2D eigenvalue weighted by atomic mass is 9.87. The van der Waals surface area contributed by atoms with E-state index in [1.165, 1.54) is 0 Å². The molecule has 16 N–H and O–H groups in total. The lowest BCUT2D eigenvalue weighted by Gasteiger charge is -2.31. The Morgan fingerprint density at radius 2 is 0.827 bits per heavy atom. The van der Waals surface area contributed by atoms with Crippen molar-refractivity contribution in [2.75, 3.05) is 26.4 Å². The number of aliphatic hydroxyl groups excluding tert-OH is 16. The summed E-state index contributed by atoms with van der Waals surface area (Å²) in [6.45, 7) is -3.18. The highest BCUT2D eigenvalue weighted by atomic mass is 32.3. The van der Waals surface area contributed by atoms with Gasteiger partial charge in [-0.2, -0.15) is 0 Å².